The van der Waals surface area contributed by atoms with E-state index in [1.54, 1.807) is 11.8 Å². The molecule has 0 bridgehead atoms. The summed E-state index contributed by atoms with van der Waals surface area (Å²) in [5, 5.41) is 6.17. The van der Waals surface area contributed by atoms with Crippen molar-refractivity contribution in [2.75, 3.05) is 24.2 Å². The van der Waals surface area contributed by atoms with Crippen molar-refractivity contribution in [2.45, 2.75) is 5.25 Å². The molecule has 2 N–H and O–H groups in total. The Kier molecular flexibility index (Phi) is 3.64. The fourth-order valence-electron chi connectivity index (χ4n) is 1.48. The Hall–Kier alpha value is -1.00. The fraction of sp³-hybridized carbons (Fsp3) is 0.364. The van der Waals surface area contributed by atoms with Crippen LogP contribution in [-0.2, 0) is 4.79 Å². The van der Waals surface area contributed by atoms with Crippen LogP contribution in [0.3, 0.4) is 0 Å². The van der Waals surface area contributed by atoms with Gasteiger partial charge in [0, 0.05) is 24.5 Å². The van der Waals surface area contributed by atoms with Gasteiger partial charge in [0.2, 0.25) is 5.91 Å². The van der Waals surface area contributed by atoms with E-state index in [0.717, 1.165) is 24.5 Å². The second kappa shape index (κ2) is 5.19. The summed E-state index contributed by atoms with van der Waals surface area (Å²) in [6.45, 7) is 1.77. The molecule has 1 amide bonds. The molecule has 1 heterocycles. The summed E-state index contributed by atoms with van der Waals surface area (Å²) in [6.07, 6.45) is 0. The number of hydrogen-bond donors (Lipinski definition) is 2. The van der Waals surface area contributed by atoms with Gasteiger partial charge in [-0.25, -0.2) is 0 Å². The van der Waals surface area contributed by atoms with Crippen molar-refractivity contribution in [2.24, 2.45) is 0 Å². The highest BCUT2D eigenvalue weighted by Gasteiger charge is 2.21. The summed E-state index contributed by atoms with van der Waals surface area (Å²) in [4.78, 5) is 11.8. The maximum absolute atomic E-state index is 11.8. The van der Waals surface area contributed by atoms with Gasteiger partial charge in [0.15, 0.2) is 0 Å². The SMILES string of the molecule is O=C(Nc1ccccc1)C1CNCCS1. The second-order valence-electron chi connectivity index (χ2n) is 3.42. The lowest BCUT2D eigenvalue weighted by molar-refractivity contribution is -0.115. The first-order chi connectivity index (χ1) is 7.36. The zero-order valence-electron chi connectivity index (χ0n) is 8.40. The molecule has 1 aromatic carbocycles. The summed E-state index contributed by atoms with van der Waals surface area (Å²) >= 11 is 1.72. The number of thioether (sulfide) groups is 1. The molecule has 4 heteroatoms. The summed E-state index contributed by atoms with van der Waals surface area (Å²) in [5.74, 6) is 1.10. The number of anilines is 1. The van der Waals surface area contributed by atoms with Crippen LogP contribution in [0.15, 0.2) is 30.3 Å². The number of rotatable bonds is 2. The van der Waals surface area contributed by atoms with Crippen LogP contribution in [0.2, 0.25) is 0 Å². The van der Waals surface area contributed by atoms with E-state index in [0.29, 0.717) is 0 Å². The topological polar surface area (TPSA) is 41.1 Å². The number of nitrogens with one attached hydrogen (secondary N) is 2. The van der Waals surface area contributed by atoms with Crippen molar-refractivity contribution in [3.8, 4) is 0 Å². The van der Waals surface area contributed by atoms with Crippen LogP contribution in [0.5, 0.6) is 0 Å². The van der Waals surface area contributed by atoms with Crippen molar-refractivity contribution in [1.29, 1.82) is 0 Å². The van der Waals surface area contributed by atoms with E-state index in [1.165, 1.54) is 0 Å². The number of hydrogen-bond acceptors (Lipinski definition) is 3. The van der Waals surface area contributed by atoms with Gasteiger partial charge in [-0.3, -0.25) is 4.79 Å². The van der Waals surface area contributed by atoms with Gasteiger partial charge < -0.3 is 10.6 Å². The summed E-state index contributed by atoms with van der Waals surface area (Å²) in [7, 11) is 0. The van der Waals surface area contributed by atoms with Gasteiger partial charge in [-0.2, -0.15) is 0 Å². The van der Waals surface area contributed by atoms with Gasteiger partial charge in [0.1, 0.15) is 0 Å². The Labute approximate surface area is 93.6 Å². The van der Waals surface area contributed by atoms with E-state index in [2.05, 4.69) is 10.6 Å². The van der Waals surface area contributed by atoms with Crippen LogP contribution in [-0.4, -0.2) is 30.0 Å². The average molecular weight is 222 g/mol. The first-order valence-electron chi connectivity index (χ1n) is 5.04. The number of para-hydroxylation sites is 1. The third kappa shape index (κ3) is 2.97. The van der Waals surface area contributed by atoms with Crippen LogP contribution in [0.4, 0.5) is 5.69 Å². The molecular weight excluding hydrogens is 208 g/mol. The van der Waals surface area contributed by atoms with Crippen LogP contribution in [0, 0.1) is 0 Å². The average Bonchev–Trinajstić information content (AvgIpc) is 2.31. The van der Waals surface area contributed by atoms with E-state index in [1.807, 2.05) is 30.3 Å². The van der Waals surface area contributed by atoms with Gasteiger partial charge >= 0.3 is 0 Å². The van der Waals surface area contributed by atoms with Crippen LogP contribution in [0.25, 0.3) is 0 Å². The van der Waals surface area contributed by atoms with E-state index >= 15 is 0 Å². The third-order valence-corrected chi connectivity index (χ3v) is 3.48. The highest BCUT2D eigenvalue weighted by molar-refractivity contribution is 8.00. The standard InChI is InChI=1S/C11H14N2OS/c14-11(10-8-12-6-7-15-10)13-9-4-2-1-3-5-9/h1-5,10,12H,6-8H2,(H,13,14). The summed E-state index contributed by atoms with van der Waals surface area (Å²) in [6, 6.07) is 9.58. The van der Waals surface area contributed by atoms with Gasteiger partial charge in [-0.15, -0.1) is 11.8 Å². The highest BCUT2D eigenvalue weighted by atomic mass is 32.2. The number of amides is 1. The lowest BCUT2D eigenvalue weighted by atomic mass is 10.3. The quantitative estimate of drug-likeness (QED) is 0.793. The van der Waals surface area contributed by atoms with E-state index in [4.69, 9.17) is 0 Å². The van der Waals surface area contributed by atoms with Gasteiger partial charge in [-0.05, 0) is 12.1 Å². The molecule has 0 radical (unpaired) electrons. The molecule has 1 fully saturated rings. The van der Waals surface area contributed by atoms with Crippen molar-refractivity contribution < 1.29 is 4.79 Å². The summed E-state index contributed by atoms with van der Waals surface area (Å²) < 4.78 is 0. The molecule has 1 atom stereocenters. The molecular formula is C11H14N2OS. The number of carbonyl (C=O) groups is 1. The Morgan fingerprint density at radius 3 is 2.87 bits per heavy atom. The zero-order chi connectivity index (χ0) is 10.5. The predicted molar refractivity (Wildman–Crippen MR) is 64.2 cm³/mol. The van der Waals surface area contributed by atoms with Gasteiger partial charge in [0.25, 0.3) is 0 Å². The lowest BCUT2D eigenvalue weighted by Gasteiger charge is -2.21. The van der Waals surface area contributed by atoms with Crippen molar-refractivity contribution in [1.82, 2.24) is 5.32 Å². The predicted octanol–water partition coefficient (Wildman–Crippen LogP) is 1.33. The molecule has 0 aromatic heterocycles. The first kappa shape index (κ1) is 10.5. The zero-order valence-corrected chi connectivity index (χ0v) is 9.22. The Morgan fingerprint density at radius 1 is 1.40 bits per heavy atom. The minimum atomic E-state index is 0.0407. The smallest absolute Gasteiger partial charge is 0.238 e. The van der Waals surface area contributed by atoms with Crippen LogP contribution >= 0.6 is 11.8 Å². The molecule has 0 spiro atoms. The molecule has 1 saturated heterocycles. The molecule has 1 unspecified atom stereocenters. The van der Waals surface area contributed by atoms with Gasteiger partial charge in [-0.1, -0.05) is 18.2 Å². The Balaban J connectivity index is 1.91. The third-order valence-electron chi connectivity index (χ3n) is 2.26. The van der Waals surface area contributed by atoms with E-state index in [9.17, 15) is 4.79 Å². The number of benzene rings is 1. The minimum Gasteiger partial charge on any atom is -0.325 e. The Bertz CT molecular complexity index is 323. The normalized spacial score (nSPS) is 20.9. The van der Waals surface area contributed by atoms with E-state index < -0.39 is 0 Å². The molecule has 15 heavy (non-hydrogen) atoms. The van der Waals surface area contributed by atoms with Crippen molar-refractivity contribution in [3.63, 3.8) is 0 Å². The monoisotopic (exact) mass is 222 g/mol. The second-order valence-corrected chi connectivity index (χ2v) is 4.73. The fourth-order valence-corrected chi connectivity index (χ4v) is 2.47. The lowest BCUT2D eigenvalue weighted by Crippen LogP contribution is -2.40. The van der Waals surface area contributed by atoms with Crippen LogP contribution < -0.4 is 10.6 Å². The molecule has 0 saturated carbocycles. The highest BCUT2D eigenvalue weighted by Crippen LogP contribution is 2.15. The Morgan fingerprint density at radius 2 is 2.20 bits per heavy atom. The van der Waals surface area contributed by atoms with Gasteiger partial charge in [0.05, 0.1) is 5.25 Å². The molecule has 0 aliphatic carbocycles. The molecule has 2 rings (SSSR count). The number of carbonyl (C=O) groups excluding carboxylic acids is 1. The first-order valence-corrected chi connectivity index (χ1v) is 6.09. The van der Waals surface area contributed by atoms with Crippen molar-refractivity contribution in [3.05, 3.63) is 30.3 Å². The maximum Gasteiger partial charge on any atom is 0.238 e. The summed E-state index contributed by atoms with van der Waals surface area (Å²) in [5.41, 5.74) is 0.869. The largest absolute Gasteiger partial charge is 0.325 e. The molecule has 1 aliphatic rings. The molecule has 1 aliphatic heterocycles. The molecule has 3 nitrogen and oxygen atoms in total. The van der Waals surface area contributed by atoms with Crippen LogP contribution in [0.1, 0.15) is 0 Å². The maximum atomic E-state index is 11.8. The minimum absolute atomic E-state index is 0.0407. The van der Waals surface area contributed by atoms with Crippen molar-refractivity contribution >= 4 is 23.4 Å². The van der Waals surface area contributed by atoms with E-state index in [-0.39, 0.29) is 11.2 Å². The molecule has 1 aromatic rings. The molecule has 80 valence electrons.